The molecular weight excluding hydrogens is 314 g/mol. The van der Waals surface area contributed by atoms with Crippen molar-refractivity contribution in [2.75, 3.05) is 42.5 Å². The summed E-state index contributed by atoms with van der Waals surface area (Å²) in [7, 11) is 0. The predicted molar refractivity (Wildman–Crippen MR) is 100 cm³/mol. The minimum atomic E-state index is -0.233. The topological polar surface area (TPSA) is 61.4 Å². The van der Waals surface area contributed by atoms with E-state index in [1.807, 2.05) is 6.07 Å². The Morgan fingerprint density at radius 1 is 1.16 bits per heavy atom. The van der Waals surface area contributed by atoms with Crippen LogP contribution in [0.4, 0.5) is 11.5 Å². The zero-order valence-corrected chi connectivity index (χ0v) is 14.5. The first-order valence-corrected chi connectivity index (χ1v) is 8.47. The van der Waals surface area contributed by atoms with Crippen molar-refractivity contribution in [3.63, 3.8) is 0 Å². The van der Waals surface area contributed by atoms with Crippen LogP contribution in [0.3, 0.4) is 0 Å². The van der Waals surface area contributed by atoms with E-state index in [0.717, 1.165) is 32.0 Å². The third-order valence-electron chi connectivity index (χ3n) is 4.26. The van der Waals surface area contributed by atoms with Crippen LogP contribution >= 0.6 is 0 Å². The van der Waals surface area contributed by atoms with Crippen LogP contribution in [0.2, 0.25) is 0 Å². The van der Waals surface area contributed by atoms with Gasteiger partial charge in [0.15, 0.2) is 11.5 Å². The van der Waals surface area contributed by atoms with Gasteiger partial charge in [-0.2, -0.15) is 0 Å². The van der Waals surface area contributed by atoms with Crippen LogP contribution in [0, 0.1) is 6.92 Å². The minimum absolute atomic E-state index is 0.233. The van der Waals surface area contributed by atoms with Gasteiger partial charge in [-0.05, 0) is 36.8 Å². The van der Waals surface area contributed by atoms with Gasteiger partial charge in [-0.15, -0.1) is 16.8 Å². The number of aryl methyl sites for hydroxylation is 1. The molecule has 1 N–H and O–H groups in total. The average Bonchev–Trinajstić information content (AvgIpc) is 2.66. The van der Waals surface area contributed by atoms with Crippen molar-refractivity contribution in [2.24, 2.45) is 0 Å². The maximum atomic E-state index is 11.8. The Hall–Kier alpha value is -2.89. The SMILES string of the molecule is C=CCNC(=O)c1ccc(N2CCN(c3cccc(C)c3)CC2)nn1. The van der Waals surface area contributed by atoms with Crippen molar-refractivity contribution in [1.29, 1.82) is 0 Å². The number of carbonyl (C=O) groups excluding carboxylic acids is 1. The summed E-state index contributed by atoms with van der Waals surface area (Å²) in [6.45, 7) is 9.74. The molecule has 1 amide bonds. The number of rotatable bonds is 5. The zero-order chi connectivity index (χ0) is 17.6. The molecule has 25 heavy (non-hydrogen) atoms. The van der Waals surface area contributed by atoms with Crippen molar-refractivity contribution in [3.8, 4) is 0 Å². The highest BCUT2D eigenvalue weighted by atomic mass is 16.1. The molecule has 0 atom stereocenters. The monoisotopic (exact) mass is 337 g/mol. The molecule has 1 aromatic heterocycles. The highest BCUT2D eigenvalue weighted by molar-refractivity contribution is 5.92. The van der Waals surface area contributed by atoms with Gasteiger partial charge < -0.3 is 15.1 Å². The maximum absolute atomic E-state index is 11.8. The second kappa shape index (κ2) is 7.79. The Balaban J connectivity index is 1.59. The van der Waals surface area contributed by atoms with Crippen molar-refractivity contribution in [3.05, 3.63) is 60.3 Å². The third kappa shape index (κ3) is 4.15. The van der Waals surface area contributed by atoms with Crippen molar-refractivity contribution in [1.82, 2.24) is 15.5 Å². The van der Waals surface area contributed by atoms with Gasteiger partial charge in [0.1, 0.15) is 0 Å². The molecule has 2 heterocycles. The summed E-state index contributed by atoms with van der Waals surface area (Å²) in [6.07, 6.45) is 1.63. The Morgan fingerprint density at radius 2 is 1.92 bits per heavy atom. The van der Waals surface area contributed by atoms with Crippen LogP contribution in [-0.4, -0.2) is 48.8 Å². The van der Waals surface area contributed by atoms with Gasteiger partial charge in [0, 0.05) is 38.4 Å². The lowest BCUT2D eigenvalue weighted by Crippen LogP contribution is -2.47. The van der Waals surface area contributed by atoms with Crippen molar-refractivity contribution < 1.29 is 4.79 Å². The standard InChI is InChI=1S/C19H23N5O/c1-3-9-20-19(25)17-7-8-18(22-21-17)24-12-10-23(11-13-24)16-6-4-5-15(2)14-16/h3-8,14H,1,9-13H2,2H3,(H,20,25). The third-order valence-corrected chi connectivity index (χ3v) is 4.26. The number of aromatic nitrogens is 2. The second-order valence-corrected chi connectivity index (χ2v) is 6.09. The Labute approximate surface area is 148 Å². The van der Waals surface area contributed by atoms with Gasteiger partial charge in [0.25, 0.3) is 5.91 Å². The number of nitrogens with one attached hydrogen (secondary N) is 1. The molecule has 3 rings (SSSR count). The second-order valence-electron chi connectivity index (χ2n) is 6.09. The van der Waals surface area contributed by atoms with Crippen LogP contribution in [-0.2, 0) is 0 Å². The molecule has 1 aliphatic rings. The molecule has 0 aliphatic carbocycles. The van der Waals surface area contributed by atoms with E-state index in [1.54, 1.807) is 12.1 Å². The van der Waals surface area contributed by atoms with Gasteiger partial charge in [0.05, 0.1) is 0 Å². The Morgan fingerprint density at radius 3 is 2.56 bits per heavy atom. The summed E-state index contributed by atoms with van der Waals surface area (Å²) >= 11 is 0. The van der Waals surface area contributed by atoms with Crippen molar-refractivity contribution in [2.45, 2.75) is 6.92 Å². The van der Waals surface area contributed by atoms with Crippen LogP contribution in [0.1, 0.15) is 16.1 Å². The molecule has 1 saturated heterocycles. The number of hydrogen-bond donors (Lipinski definition) is 1. The summed E-state index contributed by atoms with van der Waals surface area (Å²) in [5, 5.41) is 11.0. The van der Waals surface area contributed by atoms with E-state index >= 15 is 0 Å². The number of carbonyl (C=O) groups is 1. The number of benzene rings is 1. The first kappa shape index (κ1) is 17.0. The van der Waals surface area contributed by atoms with Crippen LogP contribution in [0.5, 0.6) is 0 Å². The molecular formula is C19H23N5O. The number of nitrogens with zero attached hydrogens (tertiary/aromatic N) is 4. The first-order chi connectivity index (χ1) is 12.2. The Bertz CT molecular complexity index is 736. The number of anilines is 2. The molecule has 0 saturated carbocycles. The average molecular weight is 337 g/mol. The lowest BCUT2D eigenvalue weighted by Gasteiger charge is -2.36. The summed E-state index contributed by atoms with van der Waals surface area (Å²) in [5.41, 5.74) is 2.86. The van der Waals surface area contributed by atoms with Gasteiger partial charge in [-0.1, -0.05) is 18.2 Å². The van der Waals surface area contributed by atoms with E-state index in [4.69, 9.17) is 0 Å². The summed E-state index contributed by atoms with van der Waals surface area (Å²) in [4.78, 5) is 16.4. The normalized spacial score (nSPS) is 14.3. The fourth-order valence-electron chi connectivity index (χ4n) is 2.89. The number of hydrogen-bond acceptors (Lipinski definition) is 5. The highest BCUT2D eigenvalue weighted by Crippen LogP contribution is 2.20. The lowest BCUT2D eigenvalue weighted by molar-refractivity contribution is 0.0952. The molecule has 1 aliphatic heterocycles. The van der Waals surface area contributed by atoms with E-state index in [1.165, 1.54) is 11.3 Å². The van der Waals surface area contributed by atoms with E-state index in [0.29, 0.717) is 12.2 Å². The molecule has 6 nitrogen and oxygen atoms in total. The molecule has 0 spiro atoms. The zero-order valence-electron chi connectivity index (χ0n) is 14.5. The quantitative estimate of drug-likeness (QED) is 0.846. The summed E-state index contributed by atoms with van der Waals surface area (Å²) in [6, 6.07) is 12.2. The molecule has 0 unspecified atom stereocenters. The van der Waals surface area contributed by atoms with Crippen LogP contribution < -0.4 is 15.1 Å². The first-order valence-electron chi connectivity index (χ1n) is 8.47. The minimum Gasteiger partial charge on any atom is -0.368 e. The van der Waals surface area contributed by atoms with Gasteiger partial charge in [0.2, 0.25) is 0 Å². The molecule has 1 aromatic carbocycles. The number of amides is 1. The molecule has 0 radical (unpaired) electrons. The fourth-order valence-corrected chi connectivity index (χ4v) is 2.89. The van der Waals surface area contributed by atoms with Crippen LogP contribution in [0.25, 0.3) is 0 Å². The van der Waals surface area contributed by atoms with E-state index in [9.17, 15) is 4.79 Å². The van der Waals surface area contributed by atoms with Crippen molar-refractivity contribution >= 4 is 17.4 Å². The smallest absolute Gasteiger partial charge is 0.272 e. The van der Waals surface area contributed by atoms with Gasteiger partial charge >= 0.3 is 0 Å². The highest BCUT2D eigenvalue weighted by Gasteiger charge is 2.19. The molecule has 130 valence electrons. The van der Waals surface area contributed by atoms with E-state index < -0.39 is 0 Å². The van der Waals surface area contributed by atoms with Gasteiger partial charge in [-0.25, -0.2) is 0 Å². The Kier molecular flexibility index (Phi) is 5.28. The fraction of sp³-hybridized carbons (Fsp3) is 0.316. The summed E-state index contributed by atoms with van der Waals surface area (Å²) in [5.74, 6) is 0.576. The maximum Gasteiger partial charge on any atom is 0.272 e. The van der Waals surface area contributed by atoms with Crippen LogP contribution in [0.15, 0.2) is 49.1 Å². The predicted octanol–water partition coefficient (Wildman–Crippen LogP) is 2.03. The molecule has 2 aromatic rings. The van der Waals surface area contributed by atoms with Gasteiger partial charge in [-0.3, -0.25) is 4.79 Å². The van der Waals surface area contributed by atoms with E-state index in [-0.39, 0.29) is 5.91 Å². The number of piperazine rings is 1. The van der Waals surface area contributed by atoms with E-state index in [2.05, 4.69) is 63.1 Å². The summed E-state index contributed by atoms with van der Waals surface area (Å²) < 4.78 is 0. The molecule has 0 bridgehead atoms. The molecule has 1 fully saturated rings. The molecule has 6 heteroatoms. The largest absolute Gasteiger partial charge is 0.368 e. The lowest BCUT2D eigenvalue weighted by atomic mass is 10.2.